The number of carbonyl (C=O) groups excluding carboxylic acids is 1. The van der Waals surface area contributed by atoms with Crippen LogP contribution in [0.5, 0.6) is 0 Å². The van der Waals surface area contributed by atoms with Crippen LogP contribution >= 0.6 is 0 Å². The summed E-state index contributed by atoms with van der Waals surface area (Å²) >= 11 is 0. The summed E-state index contributed by atoms with van der Waals surface area (Å²) in [5.74, 6) is -1.72. The van der Waals surface area contributed by atoms with E-state index in [9.17, 15) is 14.0 Å². The van der Waals surface area contributed by atoms with Crippen LogP contribution in [0.15, 0.2) is 18.2 Å². The molecule has 0 aliphatic rings. The van der Waals surface area contributed by atoms with E-state index < -0.39 is 11.8 Å². The first-order valence-corrected chi connectivity index (χ1v) is 3.59. The summed E-state index contributed by atoms with van der Waals surface area (Å²) in [6, 6.07) is 3.74. The fourth-order valence-electron chi connectivity index (χ4n) is 0.951. The summed E-state index contributed by atoms with van der Waals surface area (Å²) < 4.78 is 12.9. The molecule has 4 heteroatoms. The minimum atomic E-state index is -1.03. The normalized spacial score (nSPS) is 9.62. The van der Waals surface area contributed by atoms with Crippen molar-refractivity contribution in [3.63, 3.8) is 0 Å². The molecule has 1 N–H and O–H groups in total. The number of hydrogen-bond acceptors (Lipinski definition) is 2. The second-order valence-electron chi connectivity index (χ2n) is 2.54. The number of halogens is 1. The number of carbonyl (C=O) groups is 2. The number of rotatable bonds is 3. The lowest BCUT2D eigenvalue weighted by Crippen LogP contribution is -2.01. The van der Waals surface area contributed by atoms with Crippen molar-refractivity contribution in [1.82, 2.24) is 0 Å². The summed E-state index contributed by atoms with van der Waals surface area (Å²) in [7, 11) is 0. The first-order chi connectivity index (χ1) is 6.13. The average molecular weight is 182 g/mol. The second-order valence-corrected chi connectivity index (χ2v) is 2.54. The maximum absolute atomic E-state index is 12.9. The summed E-state index contributed by atoms with van der Waals surface area (Å²) in [5.41, 5.74) is 0.282. The van der Waals surface area contributed by atoms with E-state index in [1.807, 2.05) is 0 Å². The molecule has 0 amide bonds. The predicted octanol–water partition coefficient (Wildman–Crippen LogP) is 1.27. The third-order valence-corrected chi connectivity index (χ3v) is 1.55. The van der Waals surface area contributed by atoms with E-state index in [1.165, 1.54) is 12.1 Å². The van der Waals surface area contributed by atoms with Gasteiger partial charge in [0.05, 0.1) is 12.0 Å². The molecule has 0 unspecified atom stereocenters. The zero-order valence-corrected chi connectivity index (χ0v) is 6.66. The Labute approximate surface area is 73.8 Å². The lowest BCUT2D eigenvalue weighted by molar-refractivity contribution is -0.136. The Morgan fingerprint density at radius 1 is 1.54 bits per heavy atom. The highest BCUT2D eigenvalue weighted by atomic mass is 19.1. The Morgan fingerprint density at radius 3 is 2.69 bits per heavy atom. The van der Waals surface area contributed by atoms with Gasteiger partial charge in [-0.25, -0.2) is 4.39 Å². The monoisotopic (exact) mass is 182 g/mol. The average Bonchev–Trinajstić information content (AvgIpc) is 2.03. The smallest absolute Gasteiger partial charge is 0.307 e. The van der Waals surface area contributed by atoms with Crippen molar-refractivity contribution >= 4 is 12.3 Å². The highest BCUT2D eigenvalue weighted by Crippen LogP contribution is 2.08. The fourth-order valence-corrected chi connectivity index (χ4v) is 0.951. The van der Waals surface area contributed by atoms with E-state index in [1.54, 1.807) is 0 Å². The van der Waals surface area contributed by atoms with Gasteiger partial charge in [-0.2, -0.15) is 0 Å². The lowest BCUT2D eigenvalue weighted by atomic mass is 10.1. The van der Waals surface area contributed by atoms with Gasteiger partial charge in [-0.15, -0.1) is 0 Å². The van der Waals surface area contributed by atoms with E-state index in [0.717, 1.165) is 6.07 Å². The summed E-state index contributed by atoms with van der Waals surface area (Å²) in [6.45, 7) is 0. The van der Waals surface area contributed by atoms with Crippen LogP contribution < -0.4 is 0 Å². The zero-order valence-electron chi connectivity index (χ0n) is 6.66. The van der Waals surface area contributed by atoms with Gasteiger partial charge in [-0.05, 0) is 17.7 Å². The van der Waals surface area contributed by atoms with Crippen molar-refractivity contribution in [2.75, 3.05) is 0 Å². The van der Waals surface area contributed by atoms with E-state index >= 15 is 0 Å². The number of aldehydes is 1. The van der Waals surface area contributed by atoms with Crippen molar-refractivity contribution in [2.24, 2.45) is 0 Å². The van der Waals surface area contributed by atoms with E-state index in [4.69, 9.17) is 5.11 Å². The molecule has 0 saturated carbocycles. The molecule has 0 bridgehead atoms. The fraction of sp³-hybridized carbons (Fsp3) is 0.111. The van der Waals surface area contributed by atoms with E-state index in [0.29, 0.717) is 11.8 Å². The Kier molecular flexibility index (Phi) is 2.74. The van der Waals surface area contributed by atoms with Crippen LogP contribution in [0.3, 0.4) is 0 Å². The number of carboxylic acid groups (broad SMARTS) is 1. The Morgan fingerprint density at radius 2 is 2.23 bits per heavy atom. The molecule has 0 radical (unpaired) electrons. The Balaban J connectivity index is 2.95. The third-order valence-electron chi connectivity index (χ3n) is 1.55. The van der Waals surface area contributed by atoms with Gasteiger partial charge in [-0.1, -0.05) is 6.07 Å². The van der Waals surface area contributed by atoms with Crippen molar-refractivity contribution in [1.29, 1.82) is 0 Å². The quantitative estimate of drug-likeness (QED) is 0.716. The molecule has 0 fully saturated rings. The first kappa shape index (κ1) is 9.38. The topological polar surface area (TPSA) is 54.4 Å². The largest absolute Gasteiger partial charge is 0.481 e. The summed E-state index contributed by atoms with van der Waals surface area (Å²) in [6.07, 6.45) is 0.149. The number of carboxylic acids is 1. The maximum Gasteiger partial charge on any atom is 0.307 e. The number of benzene rings is 1. The van der Waals surface area contributed by atoms with Gasteiger partial charge in [0.2, 0.25) is 0 Å². The van der Waals surface area contributed by atoms with Crippen LogP contribution in [0.25, 0.3) is 0 Å². The third kappa shape index (κ3) is 2.37. The highest BCUT2D eigenvalue weighted by molar-refractivity contribution is 5.76. The standard InChI is InChI=1S/C9H7FO3/c10-8-3-6(4-9(12)13)1-2-7(8)5-11/h1-3,5H,4H2,(H,12,13). The number of aliphatic carboxylic acids is 1. The molecule has 0 aromatic heterocycles. The van der Waals surface area contributed by atoms with Crippen LogP contribution in [0, 0.1) is 5.82 Å². The predicted molar refractivity (Wildman–Crippen MR) is 43.1 cm³/mol. The van der Waals surface area contributed by atoms with Crippen molar-refractivity contribution in [3.05, 3.63) is 35.1 Å². The van der Waals surface area contributed by atoms with Crippen molar-refractivity contribution in [2.45, 2.75) is 6.42 Å². The molecule has 1 aromatic carbocycles. The Bertz CT molecular complexity index is 347. The Hall–Kier alpha value is -1.71. The molecule has 1 rings (SSSR count). The van der Waals surface area contributed by atoms with Gasteiger partial charge < -0.3 is 5.11 Å². The zero-order chi connectivity index (χ0) is 9.84. The van der Waals surface area contributed by atoms with Crippen LogP contribution in [-0.4, -0.2) is 17.4 Å². The van der Waals surface area contributed by atoms with Gasteiger partial charge in [0.25, 0.3) is 0 Å². The summed E-state index contributed by atoms with van der Waals surface area (Å²) in [4.78, 5) is 20.4. The molecule has 0 heterocycles. The molecule has 68 valence electrons. The SMILES string of the molecule is O=Cc1ccc(CC(=O)O)cc1F. The molecule has 0 aliphatic heterocycles. The highest BCUT2D eigenvalue weighted by Gasteiger charge is 2.04. The molecule has 0 atom stereocenters. The van der Waals surface area contributed by atoms with E-state index in [2.05, 4.69) is 0 Å². The molecular weight excluding hydrogens is 175 g/mol. The molecular formula is C9H7FO3. The minimum absolute atomic E-state index is 0.0610. The minimum Gasteiger partial charge on any atom is -0.481 e. The number of hydrogen-bond donors (Lipinski definition) is 1. The molecule has 0 aliphatic carbocycles. The van der Waals surface area contributed by atoms with Gasteiger partial charge >= 0.3 is 5.97 Å². The van der Waals surface area contributed by atoms with Gasteiger partial charge in [0.1, 0.15) is 5.82 Å². The van der Waals surface area contributed by atoms with Crippen molar-refractivity contribution in [3.8, 4) is 0 Å². The maximum atomic E-state index is 12.9. The van der Waals surface area contributed by atoms with Gasteiger partial charge in [-0.3, -0.25) is 9.59 Å². The van der Waals surface area contributed by atoms with Crippen LogP contribution in [-0.2, 0) is 11.2 Å². The first-order valence-electron chi connectivity index (χ1n) is 3.59. The lowest BCUT2D eigenvalue weighted by Gasteiger charge is -1.98. The second kappa shape index (κ2) is 3.80. The van der Waals surface area contributed by atoms with Gasteiger partial charge in [0, 0.05) is 0 Å². The van der Waals surface area contributed by atoms with Crippen LogP contribution in [0.2, 0.25) is 0 Å². The van der Waals surface area contributed by atoms with E-state index in [-0.39, 0.29) is 12.0 Å². The molecule has 3 nitrogen and oxygen atoms in total. The molecule has 13 heavy (non-hydrogen) atoms. The molecule has 0 spiro atoms. The molecule has 1 aromatic rings. The van der Waals surface area contributed by atoms with Gasteiger partial charge in [0.15, 0.2) is 6.29 Å². The summed E-state index contributed by atoms with van der Waals surface area (Å²) in [5, 5.41) is 8.39. The van der Waals surface area contributed by atoms with Crippen molar-refractivity contribution < 1.29 is 19.1 Å². The molecule has 0 saturated heterocycles. The van der Waals surface area contributed by atoms with Crippen LogP contribution in [0.4, 0.5) is 4.39 Å². The van der Waals surface area contributed by atoms with Crippen LogP contribution in [0.1, 0.15) is 15.9 Å².